The van der Waals surface area contributed by atoms with Crippen LogP contribution >= 0.6 is 13.5 Å². The highest BCUT2D eigenvalue weighted by atomic mass is 32.1. The fourth-order valence-corrected chi connectivity index (χ4v) is 0. The van der Waals surface area contributed by atoms with E-state index in [-0.39, 0.29) is 36.0 Å². The molecule has 0 bridgehead atoms. The van der Waals surface area contributed by atoms with Crippen LogP contribution in [-0.4, -0.2) is 8.41 Å². The molecule has 0 saturated heterocycles. The summed E-state index contributed by atoms with van der Waals surface area (Å²) in [4.78, 5) is 0. The van der Waals surface area contributed by atoms with Gasteiger partial charge >= 0.3 is 0 Å². The van der Waals surface area contributed by atoms with Gasteiger partial charge < -0.3 is 0 Å². The Bertz CT molecular complexity index is 6.85. The van der Waals surface area contributed by atoms with E-state index in [0.717, 1.165) is 0 Å². The van der Waals surface area contributed by atoms with E-state index in [0.29, 0.717) is 0 Å². The summed E-state index contributed by atoms with van der Waals surface area (Å²) >= 11 is 0. The van der Waals surface area contributed by atoms with Gasteiger partial charge in [-0.15, -0.1) is 0 Å². The van der Waals surface area contributed by atoms with Gasteiger partial charge in [-0.1, -0.05) is 0 Å². The van der Waals surface area contributed by atoms with E-state index >= 15 is 0 Å². The van der Waals surface area contributed by atoms with Crippen LogP contribution in [0.15, 0.2) is 0 Å². The molecule has 0 spiro atoms. The first-order valence-electron chi connectivity index (χ1n) is 0. The van der Waals surface area contributed by atoms with Gasteiger partial charge in [0.15, 0.2) is 0 Å². The van der Waals surface area contributed by atoms with Gasteiger partial charge in [0.2, 0.25) is 0 Å². The Kier molecular flexibility index (Phi) is 451000. The van der Waals surface area contributed by atoms with Crippen molar-refractivity contribution in [3.63, 3.8) is 0 Å². The summed E-state index contributed by atoms with van der Waals surface area (Å²) in [5.41, 5.74) is 0. The molecule has 5 heavy (non-hydrogen) atoms. The van der Waals surface area contributed by atoms with Crippen molar-refractivity contribution in [2.45, 2.75) is 0 Å². The largest absolute Gasteiger partial charge is 0.269 e. The minimum Gasteiger partial charge on any atom is -0.269 e. The normalized spacial score (nSPS) is 0. The average Bonchev–Trinajstić information content (AvgIpc) is 0. The first-order chi connectivity index (χ1) is 0. The summed E-state index contributed by atoms with van der Waals surface area (Å²) in [5, 5.41) is 0. The minimum atomic E-state index is 0. The van der Waals surface area contributed by atoms with E-state index in [1.54, 1.807) is 0 Å². The van der Waals surface area contributed by atoms with Gasteiger partial charge in [0.25, 0.3) is 0 Å². The Morgan fingerprint density at radius 3 is 0.600 bits per heavy atom. The predicted octanol–water partition coefficient (Wildman–Crippen LogP) is 0.190. The molecule has 0 heterocycles. The Morgan fingerprint density at radius 2 is 0.600 bits per heavy atom. The third-order valence-corrected chi connectivity index (χ3v) is 0. The second-order valence-corrected chi connectivity index (χ2v) is 0. The van der Waals surface area contributed by atoms with Gasteiger partial charge in [-0.25, -0.2) is 0 Å². The summed E-state index contributed by atoms with van der Waals surface area (Å²) in [7, 11) is 0. The zero-order valence-corrected chi connectivity index (χ0v) is 3.30. The van der Waals surface area contributed by atoms with Crippen LogP contribution in [-0.2, 0) is 0 Å². The fraction of sp³-hybridized carbons (Fsp3) is 0. The van der Waals surface area contributed by atoms with Crippen LogP contribution in [0.1, 0.15) is 0 Å². The maximum absolute atomic E-state index is 0. The van der Waals surface area contributed by atoms with Crippen molar-refractivity contribution in [2.24, 2.45) is 0 Å². The van der Waals surface area contributed by atoms with E-state index in [4.69, 9.17) is 0 Å². The molecule has 0 aliphatic heterocycles. The Hall–Kier alpha value is 0.205. The first kappa shape index (κ1) is 2190. The van der Waals surface area contributed by atoms with Gasteiger partial charge in [-0.05, 0) is 0 Å². The van der Waals surface area contributed by atoms with Crippen molar-refractivity contribution in [2.75, 3.05) is 0 Å². The highest BCUT2D eigenvalue weighted by Gasteiger charge is 0.0000164. The van der Waals surface area contributed by atoms with Crippen LogP contribution in [0.25, 0.3) is 0 Å². The summed E-state index contributed by atoms with van der Waals surface area (Å²) in [6.07, 6.45) is 0. The Labute approximate surface area is 37.1 Å². The van der Waals surface area contributed by atoms with Gasteiger partial charge in [-0.2, -0.15) is 13.5 Å². The van der Waals surface area contributed by atoms with E-state index < -0.39 is 0 Å². The first-order valence-corrected chi connectivity index (χ1v) is 0. The number of halogens is 3. The van der Waals surface area contributed by atoms with Crippen molar-refractivity contribution in [3.05, 3.63) is 0 Å². The van der Waals surface area contributed by atoms with Crippen molar-refractivity contribution in [1.29, 1.82) is 0 Å². The monoisotopic (exact) mass is 105 g/mol. The fourth-order valence-electron chi connectivity index (χ4n) is 0. The molecular formula is H5BF3S. The van der Waals surface area contributed by atoms with Crippen LogP contribution in [0, 0.1) is 0 Å². The highest BCUT2D eigenvalue weighted by Crippen LogP contribution is 0.648. The quantitative estimate of drug-likeness (QED) is 0.385. The van der Waals surface area contributed by atoms with Crippen LogP contribution in [0.5, 0.6) is 0 Å². The zero-order chi connectivity index (χ0) is 0. The SMILES string of the molecule is F.F.F.S.[B]. The predicted molar refractivity (Wildman–Crippen MR) is 23.6 cm³/mol. The molecule has 0 aliphatic carbocycles. The van der Waals surface area contributed by atoms with E-state index in [1.807, 2.05) is 0 Å². The molecule has 0 atom stereocenters. The topological polar surface area (TPSA) is 0 Å². The number of hydrogen-bond acceptors (Lipinski definition) is 0. The van der Waals surface area contributed by atoms with Gasteiger partial charge in [0, 0.05) is 8.41 Å². The molecule has 0 aliphatic rings. The Balaban J connectivity index is 0. The lowest BCUT2D eigenvalue weighted by Crippen LogP contribution is -0.381. The highest BCUT2D eigenvalue weighted by molar-refractivity contribution is 7.59. The molecule has 0 aromatic carbocycles. The lowest BCUT2D eigenvalue weighted by Gasteiger charge is -0.270. The minimum absolute atomic E-state index is 0. The van der Waals surface area contributed by atoms with Crippen molar-refractivity contribution in [3.8, 4) is 0 Å². The molecule has 0 amide bonds. The molecule has 0 aromatic rings. The van der Waals surface area contributed by atoms with Gasteiger partial charge in [0.1, 0.15) is 0 Å². The standard InChI is InChI=1S/B.3FH.H2S/h;3*1H;1H2. The Morgan fingerprint density at radius 1 is 0.600 bits per heavy atom. The van der Waals surface area contributed by atoms with Crippen LogP contribution in [0.2, 0.25) is 0 Å². The van der Waals surface area contributed by atoms with Gasteiger partial charge in [0.05, 0.1) is 0 Å². The second kappa shape index (κ2) is 1030. The average molecular weight is 105 g/mol. The summed E-state index contributed by atoms with van der Waals surface area (Å²) in [5.74, 6) is 0. The molecule has 0 nitrogen and oxygen atoms in total. The molecule has 0 rings (SSSR count). The maximum Gasteiger partial charge on any atom is 0 e. The van der Waals surface area contributed by atoms with Crippen LogP contribution in [0.3, 0.4) is 0 Å². The lowest BCUT2D eigenvalue weighted by molar-refractivity contribution is 1.11. The molecule has 35 valence electrons. The summed E-state index contributed by atoms with van der Waals surface area (Å²) in [6.45, 7) is 0. The molecule has 0 saturated carbocycles. The second-order valence-electron chi connectivity index (χ2n) is 0. The van der Waals surface area contributed by atoms with E-state index in [9.17, 15) is 0 Å². The van der Waals surface area contributed by atoms with Crippen molar-refractivity contribution < 1.29 is 14.1 Å². The molecule has 0 unspecified atom stereocenters. The number of hydrogen-bond donors (Lipinski definition) is 0. The molecule has 0 aromatic heterocycles. The molecule has 5 heteroatoms. The number of rotatable bonds is 0. The molecule has 0 fully saturated rings. The zero-order valence-electron chi connectivity index (χ0n) is 2.30. The third-order valence-electron chi connectivity index (χ3n) is 0. The third kappa shape index (κ3) is 487. The molecule has 3 radical (unpaired) electrons. The van der Waals surface area contributed by atoms with E-state index in [2.05, 4.69) is 0 Å². The van der Waals surface area contributed by atoms with E-state index in [1.165, 1.54) is 0 Å². The lowest BCUT2D eigenvalue weighted by atomic mass is 10.8. The molecular weight excluding hydrogens is 99.9 g/mol. The smallest absolute Gasteiger partial charge is 0 e. The maximum atomic E-state index is 0. The molecule has 0 N–H and O–H groups in total. The van der Waals surface area contributed by atoms with Crippen molar-refractivity contribution >= 4 is 21.9 Å². The summed E-state index contributed by atoms with van der Waals surface area (Å²) in [6, 6.07) is 0. The van der Waals surface area contributed by atoms with Crippen LogP contribution in [0.4, 0.5) is 14.1 Å². The van der Waals surface area contributed by atoms with Gasteiger partial charge in [-0.3, -0.25) is 14.1 Å². The van der Waals surface area contributed by atoms with Crippen LogP contribution < -0.4 is 0 Å². The van der Waals surface area contributed by atoms with Crippen molar-refractivity contribution in [1.82, 2.24) is 0 Å². The summed E-state index contributed by atoms with van der Waals surface area (Å²) < 4.78 is 0.